The number of hydrogen-bond acceptors (Lipinski definition) is 1. The van der Waals surface area contributed by atoms with Crippen molar-refractivity contribution in [1.29, 1.82) is 0 Å². The zero-order valence-electron chi connectivity index (χ0n) is 11.7. The number of likely N-dealkylation sites (tertiary alicyclic amines) is 1. The maximum Gasteiger partial charge on any atom is 0.225 e. The predicted octanol–water partition coefficient (Wildman–Crippen LogP) is 3.46. The molecule has 0 atom stereocenters. The van der Waals surface area contributed by atoms with Crippen molar-refractivity contribution in [3.63, 3.8) is 0 Å². The number of carbonyl (C=O) groups is 1. The molecule has 1 amide bonds. The minimum atomic E-state index is 0.165. The molecule has 0 aromatic rings. The van der Waals surface area contributed by atoms with E-state index in [1.807, 2.05) is 13.8 Å². The van der Waals surface area contributed by atoms with Gasteiger partial charge in [0.05, 0.1) is 0 Å². The molecule has 0 unspecified atom stereocenters. The first kappa shape index (κ1) is 12.9. The third kappa shape index (κ3) is 2.66. The van der Waals surface area contributed by atoms with E-state index in [4.69, 9.17) is 0 Å². The van der Waals surface area contributed by atoms with Gasteiger partial charge in [-0.05, 0) is 37.0 Å². The van der Waals surface area contributed by atoms with E-state index in [0.29, 0.717) is 11.3 Å². The molecule has 1 spiro atoms. The first-order chi connectivity index (χ1) is 8.06. The van der Waals surface area contributed by atoms with Gasteiger partial charge in [0.1, 0.15) is 0 Å². The van der Waals surface area contributed by atoms with Gasteiger partial charge in [-0.15, -0.1) is 0 Å². The van der Waals surface area contributed by atoms with E-state index < -0.39 is 0 Å². The van der Waals surface area contributed by atoms with Gasteiger partial charge in [0.25, 0.3) is 0 Å². The highest BCUT2D eigenvalue weighted by Crippen LogP contribution is 2.53. The van der Waals surface area contributed by atoms with Crippen LogP contribution in [0.1, 0.15) is 59.3 Å². The molecule has 1 saturated carbocycles. The number of carbonyl (C=O) groups excluding carboxylic acids is 1. The van der Waals surface area contributed by atoms with Crippen LogP contribution in [0.4, 0.5) is 0 Å². The molecule has 2 rings (SSSR count). The van der Waals surface area contributed by atoms with Crippen LogP contribution >= 0.6 is 0 Å². The fourth-order valence-electron chi connectivity index (χ4n) is 3.75. The number of piperidine rings is 1. The Kier molecular flexibility index (Phi) is 3.79. The Morgan fingerprint density at radius 3 is 2.35 bits per heavy atom. The quantitative estimate of drug-likeness (QED) is 0.736. The Morgan fingerprint density at radius 2 is 1.88 bits per heavy atom. The maximum atomic E-state index is 11.9. The largest absolute Gasteiger partial charge is 0.342 e. The van der Waals surface area contributed by atoms with Gasteiger partial charge in [-0.2, -0.15) is 0 Å². The van der Waals surface area contributed by atoms with Crippen LogP contribution in [0.15, 0.2) is 0 Å². The van der Waals surface area contributed by atoms with Gasteiger partial charge in [0.2, 0.25) is 5.91 Å². The highest BCUT2D eigenvalue weighted by Gasteiger charge is 2.45. The van der Waals surface area contributed by atoms with E-state index in [-0.39, 0.29) is 5.92 Å². The van der Waals surface area contributed by atoms with Crippen LogP contribution < -0.4 is 0 Å². The lowest BCUT2D eigenvalue weighted by Crippen LogP contribution is -2.49. The van der Waals surface area contributed by atoms with Gasteiger partial charge in [0.15, 0.2) is 0 Å². The number of rotatable bonds is 3. The topological polar surface area (TPSA) is 20.3 Å². The summed E-state index contributed by atoms with van der Waals surface area (Å²) in [5.41, 5.74) is 0.633. The number of amides is 1. The molecular weight excluding hydrogens is 210 g/mol. The van der Waals surface area contributed by atoms with Crippen molar-refractivity contribution >= 4 is 5.91 Å². The third-order valence-electron chi connectivity index (χ3n) is 4.77. The summed E-state index contributed by atoms with van der Waals surface area (Å²) in [5, 5.41) is 0. The van der Waals surface area contributed by atoms with E-state index in [2.05, 4.69) is 11.8 Å². The number of hydrogen-bond donors (Lipinski definition) is 0. The molecule has 1 heterocycles. The minimum absolute atomic E-state index is 0.165. The summed E-state index contributed by atoms with van der Waals surface area (Å²) < 4.78 is 0. The lowest BCUT2D eigenvalue weighted by atomic mass is 9.56. The molecule has 0 bridgehead atoms. The van der Waals surface area contributed by atoms with Crippen LogP contribution in [0.5, 0.6) is 0 Å². The average molecular weight is 237 g/mol. The molecule has 0 aromatic heterocycles. The van der Waals surface area contributed by atoms with Crippen molar-refractivity contribution in [1.82, 2.24) is 4.90 Å². The zero-order chi connectivity index (χ0) is 12.5. The maximum absolute atomic E-state index is 11.9. The molecule has 2 nitrogen and oxygen atoms in total. The van der Waals surface area contributed by atoms with Crippen molar-refractivity contribution < 1.29 is 4.79 Å². The minimum Gasteiger partial charge on any atom is -0.342 e. The van der Waals surface area contributed by atoms with Crippen LogP contribution in [0, 0.1) is 17.3 Å². The van der Waals surface area contributed by atoms with E-state index in [0.717, 1.165) is 19.0 Å². The van der Waals surface area contributed by atoms with Crippen molar-refractivity contribution in [2.75, 3.05) is 13.1 Å². The van der Waals surface area contributed by atoms with E-state index in [1.54, 1.807) is 0 Å². The molecule has 1 aliphatic carbocycles. The second kappa shape index (κ2) is 4.99. The molecule has 17 heavy (non-hydrogen) atoms. The molecule has 0 radical (unpaired) electrons. The summed E-state index contributed by atoms with van der Waals surface area (Å²) in [7, 11) is 0. The van der Waals surface area contributed by atoms with Crippen LogP contribution in [0.25, 0.3) is 0 Å². The lowest BCUT2D eigenvalue weighted by molar-refractivity contribution is -0.138. The second-order valence-electron chi connectivity index (χ2n) is 6.54. The summed E-state index contributed by atoms with van der Waals surface area (Å²) >= 11 is 0. The van der Waals surface area contributed by atoms with E-state index in [1.165, 1.54) is 38.5 Å². The van der Waals surface area contributed by atoms with Gasteiger partial charge in [-0.1, -0.05) is 33.6 Å². The number of nitrogens with zero attached hydrogens (tertiary/aromatic N) is 1. The summed E-state index contributed by atoms with van der Waals surface area (Å²) in [6.07, 6.45) is 8.13. The molecule has 1 saturated heterocycles. The third-order valence-corrected chi connectivity index (χ3v) is 4.77. The van der Waals surface area contributed by atoms with Crippen molar-refractivity contribution in [2.24, 2.45) is 17.3 Å². The molecule has 2 aliphatic rings. The first-order valence-electron chi connectivity index (χ1n) is 7.35. The fraction of sp³-hybridized carbons (Fsp3) is 0.933. The van der Waals surface area contributed by atoms with Gasteiger partial charge in [0, 0.05) is 19.0 Å². The smallest absolute Gasteiger partial charge is 0.225 e. The van der Waals surface area contributed by atoms with Crippen molar-refractivity contribution in [3.05, 3.63) is 0 Å². The van der Waals surface area contributed by atoms with Gasteiger partial charge in [-0.3, -0.25) is 4.79 Å². The summed E-state index contributed by atoms with van der Waals surface area (Å²) in [4.78, 5) is 14.0. The Balaban J connectivity index is 1.78. The zero-order valence-corrected chi connectivity index (χ0v) is 11.7. The molecular formula is C15H27NO. The van der Waals surface area contributed by atoms with Crippen LogP contribution in [-0.4, -0.2) is 23.9 Å². The Morgan fingerprint density at radius 1 is 1.29 bits per heavy atom. The van der Waals surface area contributed by atoms with Crippen molar-refractivity contribution in [2.45, 2.75) is 59.3 Å². The first-order valence-corrected chi connectivity index (χ1v) is 7.35. The molecule has 1 aliphatic heterocycles. The highest BCUT2D eigenvalue weighted by molar-refractivity contribution is 5.78. The molecule has 2 fully saturated rings. The van der Waals surface area contributed by atoms with E-state index in [9.17, 15) is 4.79 Å². The monoisotopic (exact) mass is 237 g/mol. The molecule has 2 heteroatoms. The highest BCUT2D eigenvalue weighted by atomic mass is 16.2. The van der Waals surface area contributed by atoms with Gasteiger partial charge < -0.3 is 4.90 Å². The van der Waals surface area contributed by atoms with Crippen molar-refractivity contribution in [3.8, 4) is 0 Å². The average Bonchev–Trinajstić information content (AvgIpc) is 2.27. The lowest BCUT2D eigenvalue weighted by Gasteiger charge is -2.52. The molecule has 98 valence electrons. The predicted molar refractivity (Wildman–Crippen MR) is 70.7 cm³/mol. The summed E-state index contributed by atoms with van der Waals surface area (Å²) in [6, 6.07) is 0. The normalized spacial score (nSPS) is 24.1. The standard InChI is InChI=1S/C15H27NO/c1-4-5-13-10-15(11-13)6-8-16(9-7-15)14(17)12(2)3/h12-13H,4-11H2,1-3H3. The Bertz CT molecular complexity index is 269. The van der Waals surface area contributed by atoms with E-state index >= 15 is 0 Å². The SMILES string of the molecule is CCCC1CC2(CCN(C(=O)C(C)C)CC2)C1. The van der Waals surface area contributed by atoms with Gasteiger partial charge >= 0.3 is 0 Å². The Hall–Kier alpha value is -0.530. The Labute approximate surface area is 106 Å². The summed E-state index contributed by atoms with van der Waals surface area (Å²) in [6.45, 7) is 8.32. The fourth-order valence-corrected chi connectivity index (χ4v) is 3.75. The van der Waals surface area contributed by atoms with Crippen LogP contribution in [-0.2, 0) is 4.79 Å². The molecule has 0 N–H and O–H groups in total. The van der Waals surface area contributed by atoms with Crippen LogP contribution in [0.3, 0.4) is 0 Å². The van der Waals surface area contributed by atoms with Crippen LogP contribution in [0.2, 0.25) is 0 Å². The van der Waals surface area contributed by atoms with Gasteiger partial charge in [-0.25, -0.2) is 0 Å². The second-order valence-corrected chi connectivity index (χ2v) is 6.54. The summed E-state index contributed by atoms with van der Waals surface area (Å²) in [5.74, 6) is 1.51. The molecule has 0 aromatic carbocycles.